The maximum atomic E-state index is 13.2. The number of amides is 1. The highest BCUT2D eigenvalue weighted by molar-refractivity contribution is 6.00. The van der Waals surface area contributed by atoms with Crippen molar-refractivity contribution in [1.82, 2.24) is 5.32 Å². The minimum Gasteiger partial charge on any atom is -0.497 e. The van der Waals surface area contributed by atoms with Gasteiger partial charge in [-0.3, -0.25) is 10.2 Å². The van der Waals surface area contributed by atoms with Gasteiger partial charge >= 0.3 is 5.97 Å². The lowest BCUT2D eigenvalue weighted by Crippen LogP contribution is -2.26. The number of benzene rings is 4. The van der Waals surface area contributed by atoms with Crippen LogP contribution in [-0.2, 0) is 19.4 Å². The molecule has 1 heterocycles. The lowest BCUT2D eigenvalue weighted by atomic mass is 9.92. The molecule has 4 aromatic rings. The van der Waals surface area contributed by atoms with Gasteiger partial charge in [0.15, 0.2) is 0 Å². The average molecular weight is 549 g/mol. The summed E-state index contributed by atoms with van der Waals surface area (Å²) in [5.41, 5.74) is 12.3. The molecule has 0 fully saturated rings. The molecule has 41 heavy (non-hydrogen) atoms. The number of aromatic carboxylic acids is 1. The maximum Gasteiger partial charge on any atom is 0.336 e. The molecule has 4 aromatic carbocycles. The van der Waals surface area contributed by atoms with Crippen molar-refractivity contribution in [2.24, 2.45) is 5.73 Å². The number of rotatable bonds is 10. The smallest absolute Gasteiger partial charge is 0.336 e. The van der Waals surface area contributed by atoms with Gasteiger partial charge < -0.3 is 25.8 Å². The number of carbonyl (C=O) groups excluding carboxylic acids is 1. The van der Waals surface area contributed by atoms with E-state index in [-0.39, 0.29) is 17.3 Å². The van der Waals surface area contributed by atoms with Crippen molar-refractivity contribution in [3.8, 4) is 16.9 Å². The average Bonchev–Trinajstić information content (AvgIpc) is 3.39. The zero-order valence-corrected chi connectivity index (χ0v) is 22.8. The molecule has 1 aliphatic rings. The summed E-state index contributed by atoms with van der Waals surface area (Å²) in [5, 5.41) is 20.8. The number of hydrogen-bond acceptors (Lipinski definition) is 5. The number of ether oxygens (including phenoxy) is 1. The molecule has 8 heteroatoms. The van der Waals surface area contributed by atoms with E-state index >= 15 is 0 Å². The van der Waals surface area contributed by atoms with E-state index in [1.54, 1.807) is 24.3 Å². The van der Waals surface area contributed by atoms with Gasteiger partial charge in [-0.25, -0.2) is 4.79 Å². The molecule has 0 atom stereocenters. The summed E-state index contributed by atoms with van der Waals surface area (Å²) in [4.78, 5) is 27.7. The van der Waals surface area contributed by atoms with Crippen LogP contribution in [0.25, 0.3) is 11.1 Å². The van der Waals surface area contributed by atoms with Crippen LogP contribution in [0.4, 0.5) is 5.69 Å². The van der Waals surface area contributed by atoms with Crippen molar-refractivity contribution < 1.29 is 19.4 Å². The van der Waals surface area contributed by atoms with Gasteiger partial charge in [0, 0.05) is 36.4 Å². The van der Waals surface area contributed by atoms with Crippen LogP contribution in [0, 0.1) is 5.41 Å². The van der Waals surface area contributed by atoms with Crippen molar-refractivity contribution in [2.75, 3.05) is 25.1 Å². The second-order valence-corrected chi connectivity index (χ2v) is 10.0. The van der Waals surface area contributed by atoms with Crippen LogP contribution in [0.5, 0.6) is 5.75 Å². The number of nitrogen functional groups attached to an aromatic ring is 1. The van der Waals surface area contributed by atoms with E-state index in [2.05, 4.69) is 10.2 Å². The molecule has 0 saturated carbocycles. The maximum absolute atomic E-state index is 13.2. The van der Waals surface area contributed by atoms with Crippen LogP contribution < -0.4 is 20.7 Å². The van der Waals surface area contributed by atoms with Crippen LogP contribution in [0.15, 0.2) is 84.9 Å². The largest absolute Gasteiger partial charge is 0.497 e. The topological polar surface area (TPSA) is 129 Å². The summed E-state index contributed by atoms with van der Waals surface area (Å²) in [5.74, 6) is -0.822. The molecule has 0 spiro atoms. The number of carbonyl (C=O) groups is 2. The molecule has 0 saturated heterocycles. The highest BCUT2D eigenvalue weighted by Gasteiger charge is 2.23. The second kappa shape index (κ2) is 12.0. The highest BCUT2D eigenvalue weighted by Crippen LogP contribution is 2.35. The van der Waals surface area contributed by atoms with Gasteiger partial charge in [0.25, 0.3) is 5.91 Å². The zero-order chi connectivity index (χ0) is 28.9. The number of hydrogen-bond donors (Lipinski definition) is 4. The van der Waals surface area contributed by atoms with Crippen LogP contribution in [0.3, 0.4) is 0 Å². The van der Waals surface area contributed by atoms with Gasteiger partial charge in [-0.2, -0.15) is 0 Å². The summed E-state index contributed by atoms with van der Waals surface area (Å²) >= 11 is 0. The van der Waals surface area contributed by atoms with Crippen LogP contribution >= 0.6 is 0 Å². The normalized spacial score (nSPS) is 12.1. The van der Waals surface area contributed by atoms with E-state index in [1.165, 1.54) is 13.2 Å². The number of carboxylic acids is 1. The van der Waals surface area contributed by atoms with Gasteiger partial charge in [-0.15, -0.1) is 0 Å². The molecule has 0 unspecified atom stereocenters. The number of nitrogens with two attached hydrogens (primary N) is 1. The molecule has 1 aliphatic heterocycles. The van der Waals surface area contributed by atoms with Crippen LogP contribution in [0.2, 0.25) is 0 Å². The number of methoxy groups -OCH3 is 1. The first kappa shape index (κ1) is 27.5. The first-order chi connectivity index (χ1) is 19.8. The van der Waals surface area contributed by atoms with Gasteiger partial charge in [0.2, 0.25) is 0 Å². The van der Waals surface area contributed by atoms with Crippen molar-refractivity contribution >= 4 is 23.4 Å². The fraction of sp³-hybridized carbons (Fsp3) is 0.182. The summed E-state index contributed by atoms with van der Waals surface area (Å²) < 4.78 is 5.28. The van der Waals surface area contributed by atoms with E-state index in [0.29, 0.717) is 47.5 Å². The molecule has 0 bridgehead atoms. The predicted molar refractivity (Wildman–Crippen MR) is 160 cm³/mol. The predicted octanol–water partition coefficient (Wildman–Crippen LogP) is 4.88. The first-order valence-electron chi connectivity index (χ1n) is 13.4. The lowest BCUT2D eigenvalue weighted by molar-refractivity contribution is 0.0697. The summed E-state index contributed by atoms with van der Waals surface area (Å²) in [6.07, 6.45) is 1.52. The van der Waals surface area contributed by atoms with Crippen LogP contribution in [0.1, 0.15) is 43.0 Å². The minimum atomic E-state index is -1.08. The van der Waals surface area contributed by atoms with Crippen molar-refractivity contribution in [2.45, 2.75) is 19.4 Å². The van der Waals surface area contributed by atoms with E-state index in [4.69, 9.17) is 15.9 Å². The monoisotopic (exact) mass is 548 g/mol. The SMILES string of the molecule is COc1ccc(-c2cc(C(=O)NCCc3ccccc3)ccc2CN2CCc3cc(C(=N)N)ccc32)c(C(=O)O)c1. The molecule has 208 valence electrons. The highest BCUT2D eigenvalue weighted by atomic mass is 16.5. The third-order valence-corrected chi connectivity index (χ3v) is 7.40. The Bertz CT molecular complexity index is 1620. The van der Waals surface area contributed by atoms with Gasteiger partial charge in [0.05, 0.1) is 12.7 Å². The number of nitrogens with zero attached hydrogens (tertiary/aromatic N) is 1. The number of carboxylic acid groups (broad SMARTS) is 1. The standard InChI is InChI=1S/C33H32N4O4/c1-41-26-10-11-27(29(19-26)33(39)40)28-18-24(32(38)36-15-13-21-5-3-2-4-6-21)7-8-25(28)20-37-16-14-22-17-23(31(34)35)9-12-30(22)37/h2-12,17-19H,13-16,20H2,1H3,(H3,34,35)(H,36,38)(H,39,40). The number of anilines is 1. The third-order valence-electron chi connectivity index (χ3n) is 7.40. The lowest BCUT2D eigenvalue weighted by Gasteiger charge is -2.23. The Labute approximate surface area is 238 Å². The van der Waals surface area contributed by atoms with Gasteiger partial charge in [-0.05, 0) is 89.2 Å². The summed E-state index contributed by atoms with van der Waals surface area (Å²) in [6, 6.07) is 26.1. The first-order valence-corrected chi connectivity index (χ1v) is 13.4. The van der Waals surface area contributed by atoms with Crippen molar-refractivity contribution in [1.29, 1.82) is 5.41 Å². The van der Waals surface area contributed by atoms with Crippen molar-refractivity contribution in [3.05, 3.63) is 118 Å². The van der Waals surface area contributed by atoms with Gasteiger partial charge in [-0.1, -0.05) is 36.4 Å². The molecule has 1 amide bonds. The Morgan fingerprint density at radius 2 is 1.76 bits per heavy atom. The molecular formula is C33H32N4O4. The summed E-state index contributed by atoms with van der Waals surface area (Å²) in [7, 11) is 1.49. The molecule has 0 aromatic heterocycles. The fourth-order valence-electron chi connectivity index (χ4n) is 5.24. The van der Waals surface area contributed by atoms with Crippen LogP contribution in [-0.4, -0.2) is 43.0 Å². The molecule has 0 radical (unpaired) electrons. The Morgan fingerprint density at radius 1 is 0.976 bits per heavy atom. The molecule has 5 rings (SSSR count). The quantitative estimate of drug-likeness (QED) is 0.165. The zero-order valence-electron chi connectivity index (χ0n) is 22.8. The minimum absolute atomic E-state index is 0.0341. The molecule has 8 nitrogen and oxygen atoms in total. The van der Waals surface area contributed by atoms with Gasteiger partial charge in [0.1, 0.15) is 11.6 Å². The number of amidine groups is 1. The Hall–Kier alpha value is -5.11. The second-order valence-electron chi connectivity index (χ2n) is 10.0. The Morgan fingerprint density at radius 3 is 2.49 bits per heavy atom. The van der Waals surface area contributed by atoms with E-state index < -0.39 is 5.97 Å². The number of fused-ring (bicyclic) bond motifs is 1. The fourth-order valence-corrected chi connectivity index (χ4v) is 5.24. The molecule has 0 aliphatic carbocycles. The third kappa shape index (κ3) is 6.06. The van der Waals surface area contributed by atoms with E-state index in [0.717, 1.165) is 35.3 Å². The Balaban J connectivity index is 1.48. The van der Waals surface area contributed by atoms with Crippen molar-refractivity contribution in [3.63, 3.8) is 0 Å². The Kier molecular flexibility index (Phi) is 8.01. The summed E-state index contributed by atoms with van der Waals surface area (Å²) in [6.45, 7) is 1.77. The molecular weight excluding hydrogens is 516 g/mol. The number of nitrogens with one attached hydrogen (secondary N) is 2. The van der Waals surface area contributed by atoms with E-state index in [9.17, 15) is 14.7 Å². The molecule has 5 N–H and O–H groups in total. The van der Waals surface area contributed by atoms with E-state index in [1.807, 2.05) is 54.6 Å².